The van der Waals surface area contributed by atoms with Gasteiger partial charge in [0.15, 0.2) is 0 Å². The molecule has 1 aromatic rings. The third-order valence-electron chi connectivity index (χ3n) is 4.73. The highest BCUT2D eigenvalue weighted by Crippen LogP contribution is 2.32. The molecule has 0 atom stereocenters. The summed E-state index contributed by atoms with van der Waals surface area (Å²) in [5.74, 6) is 0.0121. The van der Waals surface area contributed by atoms with Crippen molar-refractivity contribution in [2.45, 2.75) is 25.7 Å². The molecule has 0 bridgehead atoms. The number of rotatable bonds is 4. The van der Waals surface area contributed by atoms with Gasteiger partial charge in [0, 0.05) is 24.9 Å². The van der Waals surface area contributed by atoms with Gasteiger partial charge in [-0.05, 0) is 50.0 Å². The normalized spacial score (nSPS) is 18.8. The van der Waals surface area contributed by atoms with Crippen molar-refractivity contribution >= 4 is 35.6 Å². The summed E-state index contributed by atoms with van der Waals surface area (Å²) < 4.78 is 5.30. The third-order valence-corrected chi connectivity index (χ3v) is 4.73. The van der Waals surface area contributed by atoms with Crippen molar-refractivity contribution in [3.63, 3.8) is 0 Å². The van der Waals surface area contributed by atoms with Gasteiger partial charge < -0.3 is 20.7 Å². The zero-order chi connectivity index (χ0) is 16.3. The number of nitrogens with one attached hydrogen (secondary N) is 3. The standard InChI is InChI=1S/C17H23N3O3.ClH/c1-23-11-17(6-8-18-9-7-17)16(22)19-13-4-2-12-3-5-15(21)20-14(12)10-13;/h2,4,10,18H,3,5-9,11H2,1H3,(H,19,22)(H,20,21);1H. The minimum absolute atomic E-state index is 0. The van der Waals surface area contributed by atoms with Gasteiger partial charge in [-0.2, -0.15) is 0 Å². The van der Waals surface area contributed by atoms with Crippen molar-refractivity contribution in [1.82, 2.24) is 5.32 Å². The second-order valence-electron chi connectivity index (χ2n) is 6.34. The van der Waals surface area contributed by atoms with E-state index in [9.17, 15) is 9.59 Å². The quantitative estimate of drug-likeness (QED) is 0.773. The number of benzene rings is 1. The number of fused-ring (bicyclic) bond motifs is 1. The molecular weight excluding hydrogens is 330 g/mol. The third kappa shape index (κ3) is 3.88. The van der Waals surface area contributed by atoms with Gasteiger partial charge in [-0.25, -0.2) is 0 Å². The number of methoxy groups -OCH3 is 1. The average molecular weight is 354 g/mol. The molecule has 0 saturated carbocycles. The van der Waals surface area contributed by atoms with Crippen molar-refractivity contribution in [2.24, 2.45) is 5.41 Å². The van der Waals surface area contributed by atoms with Crippen molar-refractivity contribution in [1.29, 1.82) is 0 Å². The molecule has 2 aliphatic heterocycles. The lowest BCUT2D eigenvalue weighted by molar-refractivity contribution is -0.130. The highest BCUT2D eigenvalue weighted by molar-refractivity contribution is 5.98. The smallest absolute Gasteiger partial charge is 0.233 e. The van der Waals surface area contributed by atoms with Crippen LogP contribution >= 0.6 is 12.4 Å². The lowest BCUT2D eigenvalue weighted by Gasteiger charge is -2.35. The highest BCUT2D eigenvalue weighted by Gasteiger charge is 2.39. The Hall–Kier alpha value is -1.63. The minimum Gasteiger partial charge on any atom is -0.384 e. The number of aryl methyl sites for hydroxylation is 1. The second-order valence-corrected chi connectivity index (χ2v) is 6.34. The molecule has 1 saturated heterocycles. The van der Waals surface area contributed by atoms with Gasteiger partial charge >= 0.3 is 0 Å². The Morgan fingerprint density at radius 1 is 1.29 bits per heavy atom. The number of halogens is 1. The Kier molecular flexibility index (Phi) is 6.21. The van der Waals surface area contributed by atoms with E-state index in [1.54, 1.807) is 7.11 Å². The molecular formula is C17H24ClN3O3. The Bertz CT molecular complexity index is 610. The molecule has 6 nitrogen and oxygen atoms in total. The number of piperidine rings is 1. The summed E-state index contributed by atoms with van der Waals surface area (Å²) in [6.45, 7) is 2.05. The van der Waals surface area contributed by atoms with Crippen LogP contribution in [0.5, 0.6) is 0 Å². The first kappa shape index (κ1) is 18.7. The average Bonchev–Trinajstić information content (AvgIpc) is 2.55. The maximum absolute atomic E-state index is 12.8. The monoisotopic (exact) mass is 353 g/mol. The largest absolute Gasteiger partial charge is 0.384 e. The zero-order valence-electron chi connectivity index (χ0n) is 13.8. The molecule has 0 spiro atoms. The van der Waals surface area contributed by atoms with Gasteiger partial charge in [-0.15, -0.1) is 12.4 Å². The van der Waals surface area contributed by atoms with Crippen LogP contribution in [0.3, 0.4) is 0 Å². The summed E-state index contributed by atoms with van der Waals surface area (Å²) in [6.07, 6.45) is 2.78. The van der Waals surface area contributed by atoms with Crippen LogP contribution in [-0.2, 0) is 20.7 Å². The number of ether oxygens (including phenoxy) is 1. The summed E-state index contributed by atoms with van der Waals surface area (Å²) in [7, 11) is 1.63. The number of carbonyl (C=O) groups is 2. The van der Waals surface area contributed by atoms with E-state index in [1.165, 1.54) is 0 Å². The van der Waals surface area contributed by atoms with E-state index in [1.807, 2.05) is 18.2 Å². The highest BCUT2D eigenvalue weighted by atomic mass is 35.5. The number of carbonyl (C=O) groups excluding carboxylic acids is 2. The van der Waals surface area contributed by atoms with Crippen LogP contribution in [0.15, 0.2) is 18.2 Å². The Morgan fingerprint density at radius 3 is 2.75 bits per heavy atom. The number of amides is 2. The molecule has 24 heavy (non-hydrogen) atoms. The van der Waals surface area contributed by atoms with E-state index in [0.717, 1.165) is 43.6 Å². The SMILES string of the molecule is COCC1(C(=O)Nc2ccc3c(c2)NC(=O)CC3)CCNCC1.Cl. The number of hydrogen-bond acceptors (Lipinski definition) is 4. The number of hydrogen-bond donors (Lipinski definition) is 3. The molecule has 3 N–H and O–H groups in total. The number of anilines is 2. The van der Waals surface area contributed by atoms with E-state index >= 15 is 0 Å². The van der Waals surface area contributed by atoms with E-state index < -0.39 is 5.41 Å². The first-order valence-corrected chi connectivity index (χ1v) is 8.07. The molecule has 7 heteroatoms. The predicted molar refractivity (Wildman–Crippen MR) is 95.7 cm³/mol. The van der Waals surface area contributed by atoms with E-state index in [2.05, 4.69) is 16.0 Å². The summed E-state index contributed by atoms with van der Waals surface area (Å²) in [5.41, 5.74) is 2.13. The fourth-order valence-corrected chi connectivity index (χ4v) is 3.33. The molecule has 1 aromatic carbocycles. The molecule has 0 unspecified atom stereocenters. The molecule has 1 fully saturated rings. The molecule has 0 aliphatic carbocycles. The molecule has 3 rings (SSSR count). The Balaban J connectivity index is 0.00000208. The molecule has 2 aliphatic rings. The Morgan fingerprint density at radius 2 is 2.04 bits per heavy atom. The van der Waals surface area contributed by atoms with Gasteiger partial charge in [-0.3, -0.25) is 9.59 Å². The first-order valence-electron chi connectivity index (χ1n) is 8.07. The lowest BCUT2D eigenvalue weighted by atomic mass is 9.78. The van der Waals surface area contributed by atoms with Crippen molar-refractivity contribution < 1.29 is 14.3 Å². The first-order chi connectivity index (χ1) is 11.1. The predicted octanol–water partition coefficient (Wildman–Crippen LogP) is 1.95. The summed E-state index contributed by atoms with van der Waals surface area (Å²) in [4.78, 5) is 24.3. The van der Waals surface area contributed by atoms with Gasteiger partial charge in [0.1, 0.15) is 0 Å². The fourth-order valence-electron chi connectivity index (χ4n) is 3.33. The molecule has 2 heterocycles. The second kappa shape index (κ2) is 7.96. The fraction of sp³-hybridized carbons (Fsp3) is 0.529. The summed E-state index contributed by atoms with van der Waals surface area (Å²) >= 11 is 0. The van der Waals surface area contributed by atoms with Crippen molar-refractivity contribution in [2.75, 3.05) is 37.4 Å². The van der Waals surface area contributed by atoms with Crippen LogP contribution in [0.2, 0.25) is 0 Å². The molecule has 2 amide bonds. The van der Waals surface area contributed by atoms with Gasteiger partial charge in [0.05, 0.1) is 12.0 Å². The van der Waals surface area contributed by atoms with Crippen LogP contribution in [0.25, 0.3) is 0 Å². The lowest BCUT2D eigenvalue weighted by Crippen LogP contribution is -2.47. The van der Waals surface area contributed by atoms with Crippen molar-refractivity contribution in [3.8, 4) is 0 Å². The maximum Gasteiger partial charge on any atom is 0.233 e. The van der Waals surface area contributed by atoms with Crippen LogP contribution in [0, 0.1) is 5.41 Å². The summed E-state index contributed by atoms with van der Waals surface area (Å²) in [6, 6.07) is 5.71. The Labute approximate surface area is 148 Å². The topological polar surface area (TPSA) is 79.5 Å². The van der Waals surface area contributed by atoms with Crippen LogP contribution in [0.4, 0.5) is 11.4 Å². The van der Waals surface area contributed by atoms with Crippen LogP contribution < -0.4 is 16.0 Å². The zero-order valence-corrected chi connectivity index (χ0v) is 14.6. The van der Waals surface area contributed by atoms with Gasteiger partial charge in [-0.1, -0.05) is 6.07 Å². The van der Waals surface area contributed by atoms with E-state index in [4.69, 9.17) is 4.74 Å². The molecule has 132 valence electrons. The minimum atomic E-state index is -0.487. The molecule has 0 aromatic heterocycles. The van der Waals surface area contributed by atoms with Gasteiger partial charge in [0.25, 0.3) is 0 Å². The van der Waals surface area contributed by atoms with Gasteiger partial charge in [0.2, 0.25) is 11.8 Å². The maximum atomic E-state index is 12.8. The molecule has 0 radical (unpaired) electrons. The summed E-state index contributed by atoms with van der Waals surface area (Å²) in [5, 5.41) is 9.15. The van der Waals surface area contributed by atoms with Crippen LogP contribution in [0.1, 0.15) is 24.8 Å². The van der Waals surface area contributed by atoms with Crippen molar-refractivity contribution in [3.05, 3.63) is 23.8 Å². The van der Waals surface area contributed by atoms with E-state index in [0.29, 0.717) is 18.7 Å². The van der Waals surface area contributed by atoms with Crippen LogP contribution in [-0.4, -0.2) is 38.6 Å². The van der Waals surface area contributed by atoms with E-state index in [-0.39, 0.29) is 24.2 Å².